The first-order valence-corrected chi connectivity index (χ1v) is 5.27. The van der Waals surface area contributed by atoms with Gasteiger partial charge in [0.1, 0.15) is 0 Å². The number of hydrogen-bond donors (Lipinski definition) is 0. The van der Waals surface area contributed by atoms with Crippen LogP contribution in [0, 0.1) is 5.92 Å². The molecular weight excluding hydrogens is 190 g/mol. The van der Waals surface area contributed by atoms with Gasteiger partial charge in [-0.25, -0.2) is 0 Å². The SMILES string of the molecule is C[C@@H](Cc1ccccc1)C(=S)N(C)C. The minimum Gasteiger partial charge on any atom is -0.372 e. The van der Waals surface area contributed by atoms with Crippen molar-refractivity contribution in [2.24, 2.45) is 5.92 Å². The largest absolute Gasteiger partial charge is 0.372 e. The molecule has 14 heavy (non-hydrogen) atoms. The molecule has 1 aromatic rings. The van der Waals surface area contributed by atoms with E-state index >= 15 is 0 Å². The van der Waals surface area contributed by atoms with Crippen LogP contribution in [-0.2, 0) is 6.42 Å². The molecule has 76 valence electrons. The van der Waals surface area contributed by atoms with Crippen LogP contribution < -0.4 is 0 Å². The molecule has 0 spiro atoms. The Kier molecular flexibility index (Phi) is 4.08. The maximum atomic E-state index is 5.33. The highest BCUT2D eigenvalue weighted by atomic mass is 32.1. The molecule has 0 heterocycles. The van der Waals surface area contributed by atoms with Crippen molar-refractivity contribution in [3.05, 3.63) is 35.9 Å². The van der Waals surface area contributed by atoms with Crippen molar-refractivity contribution < 1.29 is 0 Å². The Bertz CT molecular complexity index is 292. The fourth-order valence-corrected chi connectivity index (χ4v) is 1.58. The Balaban J connectivity index is 2.57. The van der Waals surface area contributed by atoms with Gasteiger partial charge in [-0.1, -0.05) is 49.5 Å². The second-order valence-electron chi connectivity index (χ2n) is 3.82. The van der Waals surface area contributed by atoms with Crippen molar-refractivity contribution in [3.8, 4) is 0 Å². The summed E-state index contributed by atoms with van der Waals surface area (Å²) >= 11 is 5.33. The number of thiocarbonyl (C=S) groups is 1. The van der Waals surface area contributed by atoms with Crippen LogP contribution in [0.2, 0.25) is 0 Å². The summed E-state index contributed by atoms with van der Waals surface area (Å²) in [5.74, 6) is 0.433. The Hall–Kier alpha value is -0.890. The molecule has 0 fully saturated rings. The lowest BCUT2D eigenvalue weighted by molar-refractivity contribution is 0.575. The number of benzene rings is 1. The van der Waals surface area contributed by atoms with Gasteiger partial charge in [0.2, 0.25) is 0 Å². The van der Waals surface area contributed by atoms with Crippen LogP contribution >= 0.6 is 12.2 Å². The third-order valence-corrected chi connectivity index (χ3v) is 3.01. The van der Waals surface area contributed by atoms with Crippen molar-refractivity contribution in [2.45, 2.75) is 13.3 Å². The highest BCUT2D eigenvalue weighted by Gasteiger charge is 2.10. The van der Waals surface area contributed by atoms with E-state index in [0.717, 1.165) is 11.4 Å². The summed E-state index contributed by atoms with van der Waals surface area (Å²) in [5.41, 5.74) is 1.35. The molecule has 0 saturated heterocycles. The van der Waals surface area contributed by atoms with Crippen molar-refractivity contribution in [2.75, 3.05) is 14.1 Å². The third kappa shape index (κ3) is 3.11. The maximum absolute atomic E-state index is 5.33. The fourth-order valence-electron chi connectivity index (χ4n) is 1.50. The second-order valence-corrected chi connectivity index (χ2v) is 4.24. The molecule has 0 amide bonds. The molecule has 0 aliphatic carbocycles. The Morgan fingerprint density at radius 1 is 1.29 bits per heavy atom. The molecule has 2 heteroatoms. The van der Waals surface area contributed by atoms with Crippen LogP contribution in [0.4, 0.5) is 0 Å². The minimum atomic E-state index is 0.433. The van der Waals surface area contributed by atoms with Gasteiger partial charge in [0.05, 0.1) is 4.99 Å². The first kappa shape index (κ1) is 11.2. The predicted octanol–water partition coefficient (Wildman–Crippen LogP) is 2.75. The molecule has 1 nitrogen and oxygen atoms in total. The van der Waals surface area contributed by atoms with E-state index in [1.807, 2.05) is 25.1 Å². The molecule has 1 aromatic carbocycles. The van der Waals surface area contributed by atoms with E-state index in [4.69, 9.17) is 12.2 Å². The van der Waals surface area contributed by atoms with Crippen LogP contribution in [0.3, 0.4) is 0 Å². The predicted molar refractivity (Wildman–Crippen MR) is 65.6 cm³/mol. The van der Waals surface area contributed by atoms with E-state index in [2.05, 4.69) is 31.2 Å². The molecule has 0 aromatic heterocycles. The summed E-state index contributed by atoms with van der Waals surface area (Å²) in [5, 5.41) is 0. The molecule has 1 atom stereocenters. The van der Waals surface area contributed by atoms with Gasteiger partial charge >= 0.3 is 0 Å². The van der Waals surface area contributed by atoms with E-state index in [0.29, 0.717) is 5.92 Å². The smallest absolute Gasteiger partial charge is 0.0806 e. The highest BCUT2D eigenvalue weighted by Crippen LogP contribution is 2.10. The first-order chi connectivity index (χ1) is 6.61. The average molecular weight is 207 g/mol. The summed E-state index contributed by atoms with van der Waals surface area (Å²) in [6.45, 7) is 2.18. The zero-order valence-corrected chi connectivity index (χ0v) is 9.84. The summed E-state index contributed by atoms with van der Waals surface area (Å²) in [4.78, 5) is 3.04. The van der Waals surface area contributed by atoms with Gasteiger partial charge in [-0.3, -0.25) is 0 Å². The average Bonchev–Trinajstić information content (AvgIpc) is 2.18. The summed E-state index contributed by atoms with van der Waals surface area (Å²) < 4.78 is 0. The van der Waals surface area contributed by atoms with Gasteiger partial charge in [-0.2, -0.15) is 0 Å². The number of nitrogens with zero attached hydrogens (tertiary/aromatic N) is 1. The van der Waals surface area contributed by atoms with Crippen LogP contribution in [-0.4, -0.2) is 24.0 Å². The van der Waals surface area contributed by atoms with Crippen molar-refractivity contribution in [1.82, 2.24) is 4.90 Å². The van der Waals surface area contributed by atoms with Gasteiger partial charge < -0.3 is 4.90 Å². The molecule has 0 aliphatic heterocycles. The van der Waals surface area contributed by atoms with Crippen LogP contribution in [0.1, 0.15) is 12.5 Å². The van der Waals surface area contributed by atoms with E-state index in [9.17, 15) is 0 Å². The third-order valence-electron chi connectivity index (χ3n) is 2.25. The standard InChI is InChI=1S/C12H17NS/c1-10(12(14)13(2)3)9-11-7-5-4-6-8-11/h4-8,10H,9H2,1-3H3/t10-/m0/s1. The summed E-state index contributed by atoms with van der Waals surface area (Å²) in [7, 11) is 4.01. The van der Waals surface area contributed by atoms with E-state index < -0.39 is 0 Å². The molecule has 0 radical (unpaired) electrons. The monoisotopic (exact) mass is 207 g/mol. The first-order valence-electron chi connectivity index (χ1n) is 4.86. The molecule has 0 saturated carbocycles. The molecular formula is C12H17NS. The zero-order valence-electron chi connectivity index (χ0n) is 9.03. The quantitative estimate of drug-likeness (QED) is 0.701. The van der Waals surface area contributed by atoms with Crippen molar-refractivity contribution >= 4 is 17.2 Å². The number of rotatable bonds is 3. The summed E-state index contributed by atoms with van der Waals surface area (Å²) in [6, 6.07) is 10.5. The van der Waals surface area contributed by atoms with E-state index in [1.54, 1.807) is 0 Å². The van der Waals surface area contributed by atoms with Gasteiger partial charge in [-0.15, -0.1) is 0 Å². The van der Waals surface area contributed by atoms with Gasteiger partial charge in [0.15, 0.2) is 0 Å². The van der Waals surface area contributed by atoms with Gasteiger partial charge in [0, 0.05) is 20.0 Å². The maximum Gasteiger partial charge on any atom is 0.0806 e. The Morgan fingerprint density at radius 3 is 2.36 bits per heavy atom. The highest BCUT2D eigenvalue weighted by molar-refractivity contribution is 7.80. The summed E-state index contributed by atoms with van der Waals surface area (Å²) in [6.07, 6.45) is 1.03. The molecule has 1 rings (SSSR count). The molecule has 0 aliphatic rings. The lowest BCUT2D eigenvalue weighted by atomic mass is 10.0. The molecule has 0 bridgehead atoms. The van der Waals surface area contributed by atoms with Crippen molar-refractivity contribution in [3.63, 3.8) is 0 Å². The van der Waals surface area contributed by atoms with Crippen LogP contribution in [0.25, 0.3) is 0 Å². The second kappa shape index (κ2) is 5.11. The van der Waals surface area contributed by atoms with Gasteiger partial charge in [-0.05, 0) is 12.0 Å². The van der Waals surface area contributed by atoms with Crippen molar-refractivity contribution in [1.29, 1.82) is 0 Å². The van der Waals surface area contributed by atoms with Gasteiger partial charge in [0.25, 0.3) is 0 Å². The molecule has 0 N–H and O–H groups in total. The molecule has 0 unspecified atom stereocenters. The minimum absolute atomic E-state index is 0.433. The lowest BCUT2D eigenvalue weighted by Gasteiger charge is -2.20. The normalized spacial score (nSPS) is 12.2. The van der Waals surface area contributed by atoms with E-state index in [1.165, 1.54) is 5.56 Å². The lowest BCUT2D eigenvalue weighted by Crippen LogP contribution is -2.27. The van der Waals surface area contributed by atoms with Crippen LogP contribution in [0.15, 0.2) is 30.3 Å². The topological polar surface area (TPSA) is 3.24 Å². The Morgan fingerprint density at radius 2 is 1.86 bits per heavy atom. The number of hydrogen-bond acceptors (Lipinski definition) is 1. The fraction of sp³-hybridized carbons (Fsp3) is 0.417. The van der Waals surface area contributed by atoms with Crippen LogP contribution in [0.5, 0.6) is 0 Å². The Labute approximate surface area is 91.7 Å². The zero-order chi connectivity index (χ0) is 10.6. The van der Waals surface area contributed by atoms with E-state index in [-0.39, 0.29) is 0 Å².